The number of aliphatic hydroxyl groups is 2. The average molecular weight is 230 g/mol. The molecule has 0 unspecified atom stereocenters. The van der Waals surface area contributed by atoms with E-state index in [1.165, 1.54) is 11.6 Å². The topological polar surface area (TPSA) is 40.5 Å². The first-order chi connectivity index (χ1) is 7.89. The Hall–Kier alpha value is -1.38. The highest BCUT2D eigenvalue weighted by Crippen LogP contribution is 2.36. The molecule has 0 spiro atoms. The van der Waals surface area contributed by atoms with Crippen LogP contribution in [0.5, 0.6) is 0 Å². The fraction of sp³-hybridized carbons (Fsp3) is 0.333. The summed E-state index contributed by atoms with van der Waals surface area (Å²) >= 11 is 0. The second-order valence-electron chi connectivity index (χ2n) is 5.17. The largest absolute Gasteiger partial charge is 0.359 e. The maximum absolute atomic E-state index is 9.65. The third kappa shape index (κ3) is 2.84. The lowest BCUT2D eigenvalue weighted by Crippen LogP contribution is -2.30. The molecule has 0 fully saturated rings. The minimum atomic E-state index is -1.81. The van der Waals surface area contributed by atoms with Gasteiger partial charge in [-0.2, -0.15) is 0 Å². The van der Waals surface area contributed by atoms with Gasteiger partial charge >= 0.3 is 0 Å². The summed E-state index contributed by atoms with van der Waals surface area (Å²) < 4.78 is 0. The highest BCUT2D eigenvalue weighted by atomic mass is 16.5. The first-order valence-corrected chi connectivity index (χ1v) is 5.80. The fourth-order valence-corrected chi connectivity index (χ4v) is 2.02. The summed E-state index contributed by atoms with van der Waals surface area (Å²) in [5.74, 6) is -1.81. The van der Waals surface area contributed by atoms with Gasteiger partial charge in [-0.1, -0.05) is 55.8 Å². The molecule has 0 bridgehead atoms. The summed E-state index contributed by atoms with van der Waals surface area (Å²) in [5.41, 5.74) is 2.07. The van der Waals surface area contributed by atoms with Gasteiger partial charge < -0.3 is 10.2 Å². The van der Waals surface area contributed by atoms with Crippen LogP contribution in [0.15, 0.2) is 54.1 Å². The summed E-state index contributed by atoms with van der Waals surface area (Å²) in [6.07, 6.45) is 5.56. The Morgan fingerprint density at radius 1 is 1.00 bits per heavy atom. The third-order valence-electron chi connectivity index (χ3n) is 3.20. The number of allylic oxidation sites excluding steroid dienone is 2. The van der Waals surface area contributed by atoms with E-state index < -0.39 is 5.79 Å². The van der Waals surface area contributed by atoms with Gasteiger partial charge in [0.1, 0.15) is 0 Å². The van der Waals surface area contributed by atoms with Crippen molar-refractivity contribution in [2.45, 2.75) is 26.1 Å². The number of rotatable bonds is 2. The summed E-state index contributed by atoms with van der Waals surface area (Å²) in [6.45, 7) is 4.15. The van der Waals surface area contributed by atoms with Crippen molar-refractivity contribution in [1.29, 1.82) is 0 Å². The monoisotopic (exact) mass is 230 g/mol. The Kier molecular flexibility index (Phi) is 2.94. The molecule has 0 saturated carbocycles. The van der Waals surface area contributed by atoms with Gasteiger partial charge in [0.15, 0.2) is 0 Å². The molecule has 1 aromatic rings. The molecule has 2 nitrogen and oxygen atoms in total. The minimum absolute atomic E-state index is 0.134. The maximum Gasteiger partial charge on any atom is 0.203 e. The van der Waals surface area contributed by atoms with Gasteiger partial charge in [-0.25, -0.2) is 0 Å². The van der Waals surface area contributed by atoms with Crippen molar-refractivity contribution < 1.29 is 10.2 Å². The number of benzene rings is 1. The molecule has 1 aromatic carbocycles. The summed E-state index contributed by atoms with van der Waals surface area (Å²) in [4.78, 5) is 0. The van der Waals surface area contributed by atoms with Crippen molar-refractivity contribution in [2.24, 2.45) is 5.41 Å². The Morgan fingerprint density at radius 2 is 1.65 bits per heavy atom. The zero-order chi connectivity index (χ0) is 12.5. The molecule has 90 valence electrons. The quantitative estimate of drug-likeness (QED) is 0.605. The van der Waals surface area contributed by atoms with Gasteiger partial charge in [0, 0.05) is 5.41 Å². The molecule has 1 aliphatic carbocycles. The van der Waals surface area contributed by atoms with Gasteiger partial charge in [0.05, 0.1) is 0 Å². The third-order valence-corrected chi connectivity index (χ3v) is 3.20. The second-order valence-corrected chi connectivity index (χ2v) is 5.17. The molecule has 2 N–H and O–H groups in total. The molecule has 1 aliphatic rings. The van der Waals surface area contributed by atoms with Crippen molar-refractivity contribution in [3.63, 3.8) is 0 Å². The first-order valence-electron chi connectivity index (χ1n) is 5.80. The van der Waals surface area contributed by atoms with Crippen LogP contribution in [0.3, 0.4) is 0 Å². The van der Waals surface area contributed by atoms with Crippen molar-refractivity contribution in [3.05, 3.63) is 59.7 Å². The number of hydrogen-bond acceptors (Lipinski definition) is 2. The van der Waals surface area contributed by atoms with E-state index in [1.54, 1.807) is 6.08 Å². The van der Waals surface area contributed by atoms with E-state index in [0.29, 0.717) is 0 Å². The van der Waals surface area contributed by atoms with Crippen molar-refractivity contribution >= 4 is 0 Å². The lowest BCUT2D eigenvalue weighted by Gasteiger charge is -2.32. The number of hydrogen-bond donors (Lipinski definition) is 2. The van der Waals surface area contributed by atoms with Crippen molar-refractivity contribution in [1.82, 2.24) is 0 Å². The highest BCUT2D eigenvalue weighted by Gasteiger charge is 2.30. The zero-order valence-corrected chi connectivity index (χ0v) is 10.2. The molecule has 17 heavy (non-hydrogen) atoms. The highest BCUT2D eigenvalue weighted by molar-refractivity contribution is 5.34. The Morgan fingerprint density at radius 3 is 2.29 bits per heavy atom. The van der Waals surface area contributed by atoms with Crippen LogP contribution in [0.1, 0.15) is 19.4 Å². The van der Waals surface area contributed by atoms with E-state index in [2.05, 4.69) is 13.8 Å². The van der Waals surface area contributed by atoms with Gasteiger partial charge in [-0.3, -0.25) is 0 Å². The molecule has 0 saturated heterocycles. The van der Waals surface area contributed by atoms with Crippen LogP contribution in [-0.2, 0) is 6.42 Å². The Labute approximate surface area is 102 Å². The Balaban J connectivity index is 2.28. The van der Waals surface area contributed by atoms with E-state index in [1.807, 2.05) is 36.4 Å². The van der Waals surface area contributed by atoms with Crippen LogP contribution in [0.2, 0.25) is 0 Å². The normalized spacial score (nSPS) is 21.1. The lowest BCUT2D eigenvalue weighted by atomic mass is 9.76. The zero-order valence-electron chi connectivity index (χ0n) is 10.2. The summed E-state index contributed by atoms with van der Waals surface area (Å²) in [7, 11) is 0. The molecule has 0 aromatic heterocycles. The smallest absolute Gasteiger partial charge is 0.203 e. The molecule has 0 aliphatic heterocycles. The molecule has 0 amide bonds. The van der Waals surface area contributed by atoms with E-state index in [9.17, 15) is 10.2 Å². The first kappa shape index (κ1) is 12.1. The molecule has 2 heteroatoms. The standard InChI is InChI=1S/C15H18O2/c1-14(2)8-9-15(16,17)11-13(14)10-12-6-4-3-5-7-12/h3-9,11,16-17H,10H2,1-2H3. The minimum Gasteiger partial charge on any atom is -0.359 e. The van der Waals surface area contributed by atoms with E-state index in [0.717, 1.165) is 12.0 Å². The predicted molar refractivity (Wildman–Crippen MR) is 68.3 cm³/mol. The second kappa shape index (κ2) is 4.13. The van der Waals surface area contributed by atoms with Gasteiger partial charge in [-0.15, -0.1) is 0 Å². The van der Waals surface area contributed by atoms with Crippen LogP contribution in [0.4, 0.5) is 0 Å². The maximum atomic E-state index is 9.65. The SMILES string of the molecule is CC1(C)C=CC(O)(O)C=C1Cc1ccccc1. The van der Waals surface area contributed by atoms with Crippen LogP contribution < -0.4 is 0 Å². The summed E-state index contributed by atoms with van der Waals surface area (Å²) in [5, 5.41) is 19.3. The van der Waals surface area contributed by atoms with Gasteiger partial charge in [0.25, 0.3) is 0 Å². The fourth-order valence-electron chi connectivity index (χ4n) is 2.02. The molecule has 0 radical (unpaired) electrons. The average Bonchev–Trinajstić information content (AvgIpc) is 2.26. The van der Waals surface area contributed by atoms with Crippen LogP contribution in [0.25, 0.3) is 0 Å². The Bertz CT molecular complexity index is 453. The molecular formula is C15H18O2. The van der Waals surface area contributed by atoms with Crippen molar-refractivity contribution in [2.75, 3.05) is 0 Å². The molecular weight excluding hydrogens is 212 g/mol. The molecule has 0 atom stereocenters. The van der Waals surface area contributed by atoms with Crippen LogP contribution in [0, 0.1) is 5.41 Å². The predicted octanol–water partition coefficient (Wildman–Crippen LogP) is 2.43. The van der Waals surface area contributed by atoms with Crippen LogP contribution >= 0.6 is 0 Å². The van der Waals surface area contributed by atoms with E-state index in [-0.39, 0.29) is 5.41 Å². The lowest BCUT2D eigenvalue weighted by molar-refractivity contribution is -0.0776. The van der Waals surface area contributed by atoms with E-state index >= 15 is 0 Å². The van der Waals surface area contributed by atoms with Gasteiger partial charge in [-0.05, 0) is 24.1 Å². The van der Waals surface area contributed by atoms with Crippen LogP contribution in [-0.4, -0.2) is 16.0 Å². The summed E-state index contributed by atoms with van der Waals surface area (Å²) in [6, 6.07) is 10.1. The molecule has 0 heterocycles. The molecule has 2 rings (SSSR count). The van der Waals surface area contributed by atoms with Gasteiger partial charge in [0.2, 0.25) is 5.79 Å². The van der Waals surface area contributed by atoms with E-state index in [4.69, 9.17) is 0 Å². The van der Waals surface area contributed by atoms with Crippen molar-refractivity contribution in [3.8, 4) is 0 Å².